The largest absolute Gasteiger partial charge is 0.465 e. The first-order chi connectivity index (χ1) is 8.72. The van der Waals surface area contributed by atoms with E-state index in [1.807, 2.05) is 6.07 Å². The Morgan fingerprint density at radius 3 is 2.67 bits per heavy atom. The molecule has 0 saturated heterocycles. The molecular weight excluding hydrogens is 232 g/mol. The van der Waals surface area contributed by atoms with E-state index >= 15 is 0 Å². The lowest BCUT2D eigenvalue weighted by molar-refractivity contribution is -0.146. The van der Waals surface area contributed by atoms with Crippen LogP contribution in [0.5, 0.6) is 0 Å². The number of aliphatic imine (C=N–C) groups is 1. The molecule has 0 aromatic rings. The van der Waals surface area contributed by atoms with Gasteiger partial charge >= 0.3 is 5.97 Å². The highest BCUT2D eigenvalue weighted by molar-refractivity contribution is 5.70. The lowest BCUT2D eigenvalue weighted by Gasteiger charge is -2.34. The van der Waals surface area contributed by atoms with Gasteiger partial charge in [0.15, 0.2) is 0 Å². The minimum atomic E-state index is -0.298. The second kappa shape index (κ2) is 7.62. The summed E-state index contributed by atoms with van der Waals surface area (Å²) in [6.45, 7) is 0.492. The molecule has 5 nitrogen and oxygen atoms in total. The standard InChI is InChI=1S/C13H18N2O3/c14-7-4-8-18-12(17)9-13(10-15-11-16)5-2-1-3-6-13/h1-6,8-10H2. The van der Waals surface area contributed by atoms with Gasteiger partial charge in [-0.3, -0.25) is 4.79 Å². The quantitative estimate of drug-likeness (QED) is 0.313. The second-order valence-corrected chi connectivity index (χ2v) is 4.77. The maximum atomic E-state index is 11.7. The molecule has 1 aliphatic carbocycles. The van der Waals surface area contributed by atoms with Crippen molar-refractivity contribution in [1.29, 1.82) is 5.26 Å². The minimum absolute atomic E-state index is 0.141. The minimum Gasteiger partial charge on any atom is -0.465 e. The van der Waals surface area contributed by atoms with E-state index in [0.717, 1.165) is 32.1 Å². The summed E-state index contributed by atoms with van der Waals surface area (Å²) in [5, 5.41) is 8.37. The first kappa shape index (κ1) is 14.4. The first-order valence-electron chi connectivity index (χ1n) is 6.29. The Hall–Kier alpha value is -1.66. The van der Waals surface area contributed by atoms with Crippen LogP contribution in [0.4, 0.5) is 0 Å². The van der Waals surface area contributed by atoms with E-state index in [1.54, 1.807) is 6.08 Å². The van der Waals surface area contributed by atoms with Crippen LogP contribution in [0, 0.1) is 16.7 Å². The Kier molecular flexibility index (Phi) is 6.10. The molecule has 0 aromatic heterocycles. The fraction of sp³-hybridized carbons (Fsp3) is 0.769. The number of hydrogen-bond donors (Lipinski definition) is 0. The molecule has 0 atom stereocenters. The van der Waals surface area contributed by atoms with Crippen LogP contribution in [0.15, 0.2) is 4.99 Å². The molecule has 1 rings (SSSR count). The zero-order valence-corrected chi connectivity index (χ0v) is 10.5. The smallest absolute Gasteiger partial charge is 0.306 e. The summed E-state index contributed by atoms with van der Waals surface area (Å²) in [5.74, 6) is -0.298. The van der Waals surface area contributed by atoms with E-state index in [1.165, 1.54) is 0 Å². The number of nitrogens with zero attached hydrogens (tertiary/aromatic N) is 2. The fourth-order valence-corrected chi connectivity index (χ4v) is 2.46. The lowest BCUT2D eigenvalue weighted by atomic mass is 9.72. The summed E-state index contributed by atoms with van der Waals surface area (Å²) in [6.07, 6.45) is 7.10. The molecule has 0 aromatic carbocycles. The van der Waals surface area contributed by atoms with Gasteiger partial charge in [-0.25, -0.2) is 9.79 Å². The van der Waals surface area contributed by atoms with Crippen LogP contribution in [-0.2, 0) is 14.3 Å². The SMILES string of the molecule is N#CCCOC(=O)CC1(CN=C=O)CCCCC1. The van der Waals surface area contributed by atoms with Gasteiger partial charge in [0.05, 0.1) is 25.5 Å². The van der Waals surface area contributed by atoms with Crippen LogP contribution in [0.2, 0.25) is 0 Å². The van der Waals surface area contributed by atoms with E-state index < -0.39 is 0 Å². The number of esters is 1. The van der Waals surface area contributed by atoms with Crippen molar-refractivity contribution >= 4 is 12.0 Å². The molecule has 98 valence electrons. The highest BCUT2D eigenvalue weighted by Crippen LogP contribution is 2.39. The monoisotopic (exact) mass is 250 g/mol. The Bertz CT molecular complexity index is 361. The number of ether oxygens (including phenoxy) is 1. The van der Waals surface area contributed by atoms with Crippen molar-refractivity contribution in [2.75, 3.05) is 13.2 Å². The number of carbonyl (C=O) groups excluding carboxylic acids is 2. The van der Waals surface area contributed by atoms with Gasteiger partial charge in [0.2, 0.25) is 6.08 Å². The average Bonchev–Trinajstić information content (AvgIpc) is 2.38. The maximum absolute atomic E-state index is 11.7. The summed E-state index contributed by atoms with van der Waals surface area (Å²) in [5.41, 5.74) is -0.237. The van der Waals surface area contributed by atoms with Gasteiger partial charge < -0.3 is 4.74 Å². The Morgan fingerprint density at radius 2 is 2.06 bits per heavy atom. The van der Waals surface area contributed by atoms with Gasteiger partial charge in [0.25, 0.3) is 0 Å². The molecule has 1 saturated carbocycles. The van der Waals surface area contributed by atoms with E-state index in [4.69, 9.17) is 10.00 Å². The Morgan fingerprint density at radius 1 is 1.33 bits per heavy atom. The normalized spacial score (nSPS) is 17.3. The molecule has 18 heavy (non-hydrogen) atoms. The van der Waals surface area contributed by atoms with Crippen LogP contribution >= 0.6 is 0 Å². The molecule has 0 aliphatic heterocycles. The molecule has 1 aliphatic rings. The molecule has 0 N–H and O–H groups in total. The summed E-state index contributed by atoms with van der Waals surface area (Å²) in [4.78, 5) is 25.6. The predicted octanol–water partition coefficient (Wildman–Crippen LogP) is 2.12. The lowest BCUT2D eigenvalue weighted by Crippen LogP contribution is -2.31. The van der Waals surface area contributed by atoms with Crippen LogP contribution in [0.1, 0.15) is 44.9 Å². The van der Waals surface area contributed by atoms with Crippen molar-refractivity contribution in [2.45, 2.75) is 44.9 Å². The van der Waals surface area contributed by atoms with Crippen molar-refractivity contribution in [3.8, 4) is 6.07 Å². The Labute approximate surface area is 107 Å². The van der Waals surface area contributed by atoms with E-state index in [0.29, 0.717) is 6.54 Å². The molecule has 0 bridgehead atoms. The summed E-state index contributed by atoms with van der Waals surface area (Å²) < 4.78 is 4.99. The summed E-state index contributed by atoms with van der Waals surface area (Å²) in [6, 6.07) is 1.92. The van der Waals surface area contributed by atoms with Crippen LogP contribution < -0.4 is 0 Å². The highest BCUT2D eigenvalue weighted by atomic mass is 16.5. The van der Waals surface area contributed by atoms with Gasteiger partial charge in [-0.1, -0.05) is 19.3 Å². The average molecular weight is 250 g/mol. The third-order valence-electron chi connectivity index (χ3n) is 3.39. The van der Waals surface area contributed by atoms with Crippen molar-refractivity contribution < 1.29 is 14.3 Å². The maximum Gasteiger partial charge on any atom is 0.306 e. The van der Waals surface area contributed by atoms with E-state index in [2.05, 4.69) is 4.99 Å². The highest BCUT2D eigenvalue weighted by Gasteiger charge is 2.34. The van der Waals surface area contributed by atoms with E-state index in [-0.39, 0.29) is 30.8 Å². The number of rotatable bonds is 6. The van der Waals surface area contributed by atoms with Crippen molar-refractivity contribution in [1.82, 2.24) is 0 Å². The van der Waals surface area contributed by atoms with Crippen LogP contribution in [-0.4, -0.2) is 25.2 Å². The molecule has 0 heterocycles. The van der Waals surface area contributed by atoms with Gasteiger partial charge in [-0.2, -0.15) is 5.26 Å². The van der Waals surface area contributed by atoms with E-state index in [9.17, 15) is 9.59 Å². The third kappa shape index (κ3) is 4.68. The van der Waals surface area contributed by atoms with Crippen molar-refractivity contribution in [3.63, 3.8) is 0 Å². The molecule has 0 amide bonds. The van der Waals surface area contributed by atoms with Crippen LogP contribution in [0.25, 0.3) is 0 Å². The number of hydrogen-bond acceptors (Lipinski definition) is 5. The second-order valence-electron chi connectivity index (χ2n) is 4.77. The Balaban J connectivity index is 2.52. The van der Waals surface area contributed by atoms with Crippen molar-refractivity contribution in [2.24, 2.45) is 10.4 Å². The fourth-order valence-electron chi connectivity index (χ4n) is 2.46. The number of nitriles is 1. The summed E-state index contributed by atoms with van der Waals surface area (Å²) >= 11 is 0. The zero-order valence-electron chi connectivity index (χ0n) is 10.5. The zero-order chi connectivity index (χ0) is 13.3. The van der Waals surface area contributed by atoms with Gasteiger partial charge in [-0.05, 0) is 12.8 Å². The predicted molar refractivity (Wildman–Crippen MR) is 64.3 cm³/mol. The van der Waals surface area contributed by atoms with Gasteiger partial charge in [-0.15, -0.1) is 0 Å². The van der Waals surface area contributed by atoms with Crippen LogP contribution in [0.3, 0.4) is 0 Å². The van der Waals surface area contributed by atoms with Crippen molar-refractivity contribution in [3.05, 3.63) is 0 Å². The topological polar surface area (TPSA) is 79.5 Å². The molecule has 1 fully saturated rings. The first-order valence-corrected chi connectivity index (χ1v) is 6.29. The number of isocyanates is 1. The molecular formula is C13H18N2O3. The summed E-state index contributed by atoms with van der Waals surface area (Å²) in [7, 11) is 0. The van der Waals surface area contributed by atoms with Gasteiger partial charge in [0.1, 0.15) is 6.61 Å². The number of carbonyl (C=O) groups is 1. The molecule has 0 radical (unpaired) electrons. The van der Waals surface area contributed by atoms with Gasteiger partial charge in [0, 0.05) is 5.41 Å². The third-order valence-corrected chi connectivity index (χ3v) is 3.39. The molecule has 5 heteroatoms. The molecule has 0 spiro atoms. The molecule has 0 unspecified atom stereocenters.